The largest absolute Gasteiger partial charge is 0.359 e. The standard InChI is InChI=1S/C10H11O2/c1-7-4-3-5-9(8(7)2)6-10(11)12/h3-5H,6H2,1-2H3. The molecule has 1 rings (SSSR count). The van der Waals surface area contributed by atoms with Gasteiger partial charge in [-0.15, -0.1) is 0 Å². The number of hydrogen-bond donors (Lipinski definition) is 0. The minimum Gasteiger partial charge on any atom is -0.247 e. The molecule has 0 aliphatic heterocycles. The molecule has 0 spiro atoms. The van der Waals surface area contributed by atoms with E-state index in [1.54, 1.807) is 0 Å². The van der Waals surface area contributed by atoms with Crippen molar-refractivity contribution in [1.82, 2.24) is 0 Å². The summed E-state index contributed by atoms with van der Waals surface area (Å²) in [6.07, 6.45) is 0.00745. The van der Waals surface area contributed by atoms with E-state index >= 15 is 0 Å². The molecule has 1 radical (unpaired) electrons. The van der Waals surface area contributed by atoms with Crippen LogP contribution in [-0.2, 0) is 16.3 Å². The Morgan fingerprint density at radius 1 is 1.33 bits per heavy atom. The lowest BCUT2D eigenvalue weighted by Gasteiger charge is -2.04. The summed E-state index contributed by atoms with van der Waals surface area (Å²) in [5.74, 6) is -1.02. The summed E-state index contributed by atoms with van der Waals surface area (Å²) in [7, 11) is 0. The fourth-order valence-electron chi connectivity index (χ4n) is 1.16. The molecule has 0 bridgehead atoms. The predicted octanol–water partition coefficient (Wildman–Crippen LogP) is 1.80. The fraction of sp³-hybridized carbons (Fsp3) is 0.300. The smallest absolute Gasteiger partial charge is 0.247 e. The van der Waals surface area contributed by atoms with Gasteiger partial charge < -0.3 is 0 Å². The second kappa shape index (κ2) is 3.39. The average molecular weight is 163 g/mol. The zero-order valence-electron chi connectivity index (χ0n) is 7.26. The molecule has 0 saturated heterocycles. The Hall–Kier alpha value is -1.31. The Morgan fingerprint density at radius 2 is 2.00 bits per heavy atom. The third kappa shape index (κ3) is 1.84. The van der Waals surface area contributed by atoms with Crippen LogP contribution in [0.25, 0.3) is 0 Å². The number of carbonyl (C=O) groups is 1. The van der Waals surface area contributed by atoms with Gasteiger partial charge in [0.2, 0.25) is 0 Å². The van der Waals surface area contributed by atoms with E-state index < -0.39 is 5.97 Å². The van der Waals surface area contributed by atoms with E-state index in [-0.39, 0.29) is 6.42 Å². The van der Waals surface area contributed by atoms with E-state index in [0.29, 0.717) is 0 Å². The van der Waals surface area contributed by atoms with Crippen LogP contribution in [0.1, 0.15) is 16.7 Å². The molecule has 0 aromatic heterocycles. The molecule has 0 aliphatic rings. The summed E-state index contributed by atoms with van der Waals surface area (Å²) in [6, 6.07) is 5.65. The van der Waals surface area contributed by atoms with Crippen molar-refractivity contribution >= 4 is 5.97 Å². The lowest BCUT2D eigenvalue weighted by Crippen LogP contribution is -2.01. The van der Waals surface area contributed by atoms with Gasteiger partial charge in [0, 0.05) is 0 Å². The number of aryl methyl sites for hydroxylation is 1. The van der Waals surface area contributed by atoms with E-state index in [2.05, 4.69) is 0 Å². The highest BCUT2D eigenvalue weighted by Gasteiger charge is 2.05. The predicted molar refractivity (Wildman–Crippen MR) is 45.3 cm³/mol. The van der Waals surface area contributed by atoms with Gasteiger partial charge in [0.25, 0.3) is 0 Å². The van der Waals surface area contributed by atoms with Crippen LogP contribution >= 0.6 is 0 Å². The summed E-state index contributed by atoms with van der Waals surface area (Å²) in [5, 5.41) is 10.3. The fourth-order valence-corrected chi connectivity index (χ4v) is 1.16. The number of hydrogen-bond acceptors (Lipinski definition) is 1. The molecule has 0 N–H and O–H groups in total. The van der Waals surface area contributed by atoms with Gasteiger partial charge >= 0.3 is 5.97 Å². The van der Waals surface area contributed by atoms with Crippen LogP contribution in [-0.4, -0.2) is 5.97 Å². The normalized spacial score (nSPS) is 9.83. The minimum atomic E-state index is -1.02. The third-order valence-electron chi connectivity index (χ3n) is 2.05. The van der Waals surface area contributed by atoms with Crippen molar-refractivity contribution in [2.75, 3.05) is 0 Å². The van der Waals surface area contributed by atoms with Crippen molar-refractivity contribution < 1.29 is 9.90 Å². The monoisotopic (exact) mass is 163 g/mol. The van der Waals surface area contributed by atoms with E-state index in [4.69, 9.17) is 0 Å². The topological polar surface area (TPSA) is 37.0 Å². The van der Waals surface area contributed by atoms with E-state index in [1.807, 2.05) is 32.0 Å². The molecular formula is C10H11O2. The Balaban J connectivity index is 3.00. The highest BCUT2D eigenvalue weighted by molar-refractivity contribution is 5.70. The number of benzene rings is 1. The number of carbonyl (C=O) groups excluding carboxylic acids is 1. The van der Waals surface area contributed by atoms with Gasteiger partial charge in [-0.1, -0.05) is 18.2 Å². The Kier molecular flexibility index (Phi) is 2.48. The van der Waals surface area contributed by atoms with Gasteiger partial charge in [-0.3, -0.25) is 0 Å². The highest BCUT2D eigenvalue weighted by Crippen LogP contribution is 2.12. The van der Waals surface area contributed by atoms with E-state index in [0.717, 1.165) is 16.7 Å². The maximum absolute atomic E-state index is 10.3. The van der Waals surface area contributed by atoms with Crippen LogP contribution in [0.3, 0.4) is 0 Å². The van der Waals surface area contributed by atoms with Crippen LogP contribution in [0, 0.1) is 13.8 Å². The van der Waals surface area contributed by atoms with Gasteiger partial charge in [-0.05, 0) is 30.5 Å². The molecule has 12 heavy (non-hydrogen) atoms. The quantitative estimate of drug-likeness (QED) is 0.655. The molecule has 0 heterocycles. The molecule has 0 unspecified atom stereocenters. The molecule has 2 nitrogen and oxygen atoms in total. The van der Waals surface area contributed by atoms with Gasteiger partial charge in [0.15, 0.2) is 0 Å². The summed E-state index contributed by atoms with van der Waals surface area (Å²) in [6.45, 7) is 3.89. The molecule has 2 heteroatoms. The zero-order valence-corrected chi connectivity index (χ0v) is 7.26. The second-order valence-corrected chi connectivity index (χ2v) is 2.91. The third-order valence-corrected chi connectivity index (χ3v) is 2.05. The Morgan fingerprint density at radius 3 is 2.58 bits per heavy atom. The van der Waals surface area contributed by atoms with Crippen LogP contribution in [0.15, 0.2) is 18.2 Å². The van der Waals surface area contributed by atoms with Crippen molar-refractivity contribution in [3.05, 3.63) is 34.9 Å². The molecular weight excluding hydrogens is 152 g/mol. The van der Waals surface area contributed by atoms with Crippen molar-refractivity contribution in [2.24, 2.45) is 0 Å². The first-order valence-corrected chi connectivity index (χ1v) is 3.86. The minimum absolute atomic E-state index is 0.00745. The van der Waals surface area contributed by atoms with Crippen molar-refractivity contribution in [3.63, 3.8) is 0 Å². The van der Waals surface area contributed by atoms with E-state index in [1.165, 1.54) is 0 Å². The van der Waals surface area contributed by atoms with Gasteiger partial charge in [-0.2, -0.15) is 0 Å². The molecule has 1 aromatic rings. The first-order valence-electron chi connectivity index (χ1n) is 3.86. The van der Waals surface area contributed by atoms with Crippen LogP contribution in [0.5, 0.6) is 0 Å². The molecule has 1 aromatic carbocycles. The van der Waals surface area contributed by atoms with Crippen LogP contribution < -0.4 is 0 Å². The lowest BCUT2D eigenvalue weighted by molar-refractivity contribution is -0.142. The first kappa shape index (κ1) is 8.78. The lowest BCUT2D eigenvalue weighted by atomic mass is 10.0. The number of rotatable bonds is 2. The van der Waals surface area contributed by atoms with Crippen molar-refractivity contribution in [2.45, 2.75) is 20.3 Å². The molecule has 0 amide bonds. The Labute approximate surface area is 71.8 Å². The summed E-state index contributed by atoms with van der Waals surface area (Å²) >= 11 is 0. The molecule has 63 valence electrons. The Bertz CT molecular complexity index is 303. The van der Waals surface area contributed by atoms with E-state index in [9.17, 15) is 9.90 Å². The molecule has 0 atom stereocenters. The second-order valence-electron chi connectivity index (χ2n) is 2.91. The molecule has 0 fully saturated rings. The summed E-state index contributed by atoms with van der Waals surface area (Å²) < 4.78 is 0. The highest BCUT2D eigenvalue weighted by atomic mass is 16.4. The maximum atomic E-state index is 10.3. The molecule has 0 aliphatic carbocycles. The zero-order chi connectivity index (χ0) is 9.14. The SMILES string of the molecule is Cc1cccc(CC([O])=O)c1C. The van der Waals surface area contributed by atoms with Crippen LogP contribution in [0.4, 0.5) is 0 Å². The maximum Gasteiger partial charge on any atom is 0.359 e. The van der Waals surface area contributed by atoms with Crippen molar-refractivity contribution in [1.29, 1.82) is 0 Å². The van der Waals surface area contributed by atoms with Crippen molar-refractivity contribution in [3.8, 4) is 0 Å². The van der Waals surface area contributed by atoms with Gasteiger partial charge in [0.1, 0.15) is 0 Å². The van der Waals surface area contributed by atoms with Gasteiger partial charge in [0.05, 0.1) is 6.42 Å². The first-order chi connectivity index (χ1) is 5.61. The average Bonchev–Trinajstić information content (AvgIpc) is 1.98. The molecule has 0 saturated carbocycles. The van der Waals surface area contributed by atoms with Gasteiger partial charge in [-0.25, -0.2) is 9.90 Å². The summed E-state index contributed by atoms with van der Waals surface area (Å²) in [5.41, 5.74) is 3.01. The summed E-state index contributed by atoms with van der Waals surface area (Å²) in [4.78, 5) is 10.3. The van der Waals surface area contributed by atoms with Crippen LogP contribution in [0.2, 0.25) is 0 Å².